The third-order valence-electron chi connectivity index (χ3n) is 5.69. The Morgan fingerprint density at radius 3 is 2.15 bits per heavy atom. The largest absolute Gasteiger partial charge is 0.497 e. The quantitative estimate of drug-likeness (QED) is 0.297. The number of carbonyl (C=O) groups is 1. The van der Waals surface area contributed by atoms with Crippen molar-refractivity contribution in [1.82, 2.24) is 4.57 Å². The Kier molecular flexibility index (Phi) is 6.64. The van der Waals surface area contributed by atoms with E-state index >= 15 is 0 Å². The zero-order chi connectivity index (χ0) is 23.4. The molecule has 0 unspecified atom stereocenters. The van der Waals surface area contributed by atoms with E-state index in [9.17, 15) is 4.79 Å². The maximum absolute atomic E-state index is 12.7. The molecule has 4 heteroatoms. The molecule has 0 aliphatic rings. The molecule has 0 saturated heterocycles. The van der Waals surface area contributed by atoms with Crippen molar-refractivity contribution >= 4 is 5.97 Å². The van der Waals surface area contributed by atoms with Crippen LogP contribution in [0, 0.1) is 5.92 Å². The molecule has 4 aromatic rings. The molecule has 0 bridgehead atoms. The van der Waals surface area contributed by atoms with Crippen molar-refractivity contribution in [2.24, 2.45) is 5.92 Å². The van der Waals surface area contributed by atoms with Crippen molar-refractivity contribution in [3.05, 3.63) is 96.2 Å². The second-order valence-electron chi connectivity index (χ2n) is 8.43. The number of hydrogen-bond donors (Lipinski definition) is 0. The molecule has 4 nitrogen and oxygen atoms in total. The number of hydrogen-bond acceptors (Lipinski definition) is 3. The number of rotatable bonds is 7. The van der Waals surface area contributed by atoms with Crippen LogP contribution in [0.4, 0.5) is 0 Å². The Hall–Kier alpha value is -3.79. The van der Waals surface area contributed by atoms with Gasteiger partial charge in [0.2, 0.25) is 0 Å². The number of nitrogens with zero attached hydrogens (tertiary/aromatic N) is 1. The number of benzene rings is 3. The Morgan fingerprint density at radius 1 is 0.848 bits per heavy atom. The van der Waals surface area contributed by atoms with Gasteiger partial charge in [-0.05, 0) is 65.9 Å². The maximum Gasteiger partial charge on any atom is 0.339 e. The minimum Gasteiger partial charge on any atom is -0.497 e. The van der Waals surface area contributed by atoms with Gasteiger partial charge in [0.05, 0.1) is 31.2 Å². The summed E-state index contributed by atoms with van der Waals surface area (Å²) in [5.41, 5.74) is 6.83. The Labute approximate surface area is 195 Å². The van der Waals surface area contributed by atoms with Crippen LogP contribution in [0.15, 0.2) is 84.9 Å². The highest BCUT2D eigenvalue weighted by Crippen LogP contribution is 2.39. The number of para-hydroxylation sites is 1. The molecule has 1 heterocycles. The number of ether oxygens (including phenoxy) is 2. The van der Waals surface area contributed by atoms with Gasteiger partial charge in [-0.25, -0.2) is 4.79 Å². The van der Waals surface area contributed by atoms with Crippen LogP contribution in [-0.2, 0) is 11.2 Å². The van der Waals surface area contributed by atoms with Crippen LogP contribution in [0.3, 0.4) is 0 Å². The van der Waals surface area contributed by atoms with Crippen molar-refractivity contribution in [2.45, 2.75) is 20.3 Å². The van der Waals surface area contributed by atoms with E-state index in [0.717, 1.165) is 45.9 Å². The second-order valence-corrected chi connectivity index (χ2v) is 8.43. The first kappa shape index (κ1) is 22.4. The van der Waals surface area contributed by atoms with Crippen LogP contribution >= 0.6 is 0 Å². The molecule has 0 N–H and O–H groups in total. The Balaban J connectivity index is 2.07. The predicted molar refractivity (Wildman–Crippen MR) is 133 cm³/mol. The molecule has 0 aliphatic heterocycles. The summed E-state index contributed by atoms with van der Waals surface area (Å²) in [6.45, 7) is 4.41. The van der Waals surface area contributed by atoms with Gasteiger partial charge in [0.15, 0.2) is 0 Å². The van der Waals surface area contributed by atoms with E-state index < -0.39 is 0 Å². The number of methoxy groups -OCH3 is 2. The van der Waals surface area contributed by atoms with Gasteiger partial charge < -0.3 is 14.0 Å². The number of esters is 1. The first-order valence-corrected chi connectivity index (χ1v) is 11.2. The fourth-order valence-electron chi connectivity index (χ4n) is 4.23. The van der Waals surface area contributed by atoms with Crippen LogP contribution in [0.1, 0.15) is 29.9 Å². The lowest BCUT2D eigenvalue weighted by Crippen LogP contribution is -2.11. The van der Waals surface area contributed by atoms with Crippen molar-refractivity contribution in [3.8, 4) is 33.8 Å². The van der Waals surface area contributed by atoms with Crippen LogP contribution in [-0.4, -0.2) is 24.8 Å². The second kappa shape index (κ2) is 9.78. The molecule has 0 radical (unpaired) electrons. The molecule has 1 aromatic heterocycles. The van der Waals surface area contributed by atoms with E-state index in [4.69, 9.17) is 9.47 Å². The SMILES string of the molecule is COC(=O)c1ccccc1-n1c(CC(C)C)cc(-c2ccccc2)c1-c1ccc(OC)cc1. The van der Waals surface area contributed by atoms with Crippen molar-refractivity contribution < 1.29 is 14.3 Å². The Bertz CT molecular complexity index is 1240. The first-order chi connectivity index (χ1) is 16.0. The molecule has 168 valence electrons. The molecule has 0 spiro atoms. The van der Waals surface area contributed by atoms with Crippen molar-refractivity contribution in [2.75, 3.05) is 14.2 Å². The fraction of sp³-hybridized carbons (Fsp3) is 0.207. The summed E-state index contributed by atoms with van der Waals surface area (Å²) in [6, 6.07) is 28.3. The van der Waals surface area contributed by atoms with Gasteiger partial charge in [-0.1, -0.05) is 56.3 Å². The highest BCUT2D eigenvalue weighted by atomic mass is 16.5. The lowest BCUT2D eigenvalue weighted by molar-refractivity contribution is 0.0601. The molecule has 0 saturated carbocycles. The summed E-state index contributed by atoms with van der Waals surface area (Å²) < 4.78 is 12.7. The van der Waals surface area contributed by atoms with E-state index in [-0.39, 0.29) is 5.97 Å². The van der Waals surface area contributed by atoms with Crippen LogP contribution in [0.2, 0.25) is 0 Å². The van der Waals surface area contributed by atoms with Crippen LogP contribution in [0.25, 0.3) is 28.1 Å². The molecule has 0 aliphatic carbocycles. The predicted octanol–water partition coefficient (Wildman–Crippen LogP) is 6.81. The van der Waals surface area contributed by atoms with E-state index in [2.05, 4.69) is 60.9 Å². The first-order valence-electron chi connectivity index (χ1n) is 11.2. The van der Waals surface area contributed by atoms with E-state index in [1.807, 2.05) is 42.5 Å². The summed E-state index contributed by atoms with van der Waals surface area (Å²) in [6.07, 6.45) is 0.867. The third kappa shape index (κ3) is 4.56. The molecule has 0 fully saturated rings. The average Bonchev–Trinajstić information content (AvgIpc) is 3.22. The van der Waals surface area contributed by atoms with Gasteiger partial charge in [-0.2, -0.15) is 0 Å². The molecule has 3 aromatic carbocycles. The summed E-state index contributed by atoms with van der Waals surface area (Å²) in [4.78, 5) is 12.7. The smallest absolute Gasteiger partial charge is 0.339 e. The standard InChI is InChI=1S/C29H29NO3/c1-20(2)18-23-19-26(21-10-6-5-7-11-21)28(22-14-16-24(32-3)17-15-22)30(23)27-13-9-8-12-25(27)29(31)33-4/h5-17,19-20H,18H2,1-4H3. The summed E-state index contributed by atoms with van der Waals surface area (Å²) in [7, 11) is 3.09. The van der Waals surface area contributed by atoms with Gasteiger partial charge in [-0.15, -0.1) is 0 Å². The topological polar surface area (TPSA) is 40.5 Å². The molecule has 4 rings (SSSR count). The maximum atomic E-state index is 12.7. The highest BCUT2D eigenvalue weighted by Gasteiger charge is 2.23. The zero-order valence-corrected chi connectivity index (χ0v) is 19.5. The van der Waals surface area contributed by atoms with Gasteiger partial charge in [-0.3, -0.25) is 0 Å². The molecule has 0 amide bonds. The van der Waals surface area contributed by atoms with Crippen molar-refractivity contribution in [3.63, 3.8) is 0 Å². The van der Waals surface area contributed by atoms with Gasteiger partial charge in [0.25, 0.3) is 0 Å². The summed E-state index contributed by atoms with van der Waals surface area (Å²) >= 11 is 0. The summed E-state index contributed by atoms with van der Waals surface area (Å²) in [5.74, 6) is 0.892. The lowest BCUT2D eigenvalue weighted by Gasteiger charge is -2.18. The number of aromatic nitrogens is 1. The monoisotopic (exact) mass is 439 g/mol. The van der Waals surface area contributed by atoms with E-state index in [0.29, 0.717) is 11.5 Å². The minimum absolute atomic E-state index is 0.350. The lowest BCUT2D eigenvalue weighted by atomic mass is 10.0. The van der Waals surface area contributed by atoms with E-state index in [1.54, 1.807) is 7.11 Å². The zero-order valence-electron chi connectivity index (χ0n) is 19.5. The van der Waals surface area contributed by atoms with Crippen LogP contribution < -0.4 is 4.74 Å². The van der Waals surface area contributed by atoms with Gasteiger partial charge in [0.1, 0.15) is 5.75 Å². The molecular weight excluding hydrogens is 410 g/mol. The van der Waals surface area contributed by atoms with E-state index in [1.165, 1.54) is 7.11 Å². The highest BCUT2D eigenvalue weighted by molar-refractivity contribution is 5.95. The minimum atomic E-state index is -0.350. The fourth-order valence-corrected chi connectivity index (χ4v) is 4.23. The van der Waals surface area contributed by atoms with Crippen LogP contribution in [0.5, 0.6) is 5.75 Å². The normalized spacial score (nSPS) is 10.9. The number of carbonyl (C=O) groups excluding carboxylic acids is 1. The molecule has 0 atom stereocenters. The summed E-state index contributed by atoms with van der Waals surface area (Å²) in [5, 5.41) is 0. The van der Waals surface area contributed by atoms with Gasteiger partial charge in [0, 0.05) is 11.3 Å². The van der Waals surface area contributed by atoms with Gasteiger partial charge >= 0.3 is 5.97 Å². The van der Waals surface area contributed by atoms with Crippen molar-refractivity contribution in [1.29, 1.82) is 0 Å². The molecular formula is C29H29NO3. The average molecular weight is 440 g/mol. The third-order valence-corrected chi connectivity index (χ3v) is 5.69. The molecule has 33 heavy (non-hydrogen) atoms. The Morgan fingerprint density at radius 2 is 1.52 bits per heavy atom.